The maximum atomic E-state index is 9.25. The van der Waals surface area contributed by atoms with E-state index in [0.29, 0.717) is 0 Å². The Morgan fingerprint density at radius 1 is 1.18 bits per heavy atom. The molecule has 0 aromatic heterocycles. The Kier molecular flexibility index (Phi) is 2.82. The number of hydrogen-bond acceptors (Lipinski definition) is 3. The van der Waals surface area contributed by atoms with E-state index in [2.05, 4.69) is 33.0 Å². The predicted molar refractivity (Wildman–Crippen MR) is 69.4 cm³/mol. The maximum Gasteiger partial charge on any atom is 0.115 e. The Morgan fingerprint density at radius 2 is 1.76 bits per heavy atom. The number of aromatic hydroxyl groups is 1. The van der Waals surface area contributed by atoms with E-state index in [9.17, 15) is 5.11 Å². The number of ether oxygens (including phenoxy) is 1. The predicted octanol–water partition coefficient (Wildman–Crippen LogP) is 3.15. The van der Waals surface area contributed by atoms with Crippen LogP contribution in [-0.2, 0) is 4.74 Å². The van der Waals surface area contributed by atoms with E-state index in [-0.39, 0.29) is 23.0 Å². The van der Waals surface area contributed by atoms with E-state index in [1.165, 1.54) is 0 Å². The fourth-order valence-corrected chi connectivity index (χ4v) is 2.55. The maximum absolute atomic E-state index is 9.25. The van der Waals surface area contributed by atoms with Gasteiger partial charge in [-0.25, -0.2) is 0 Å². The summed E-state index contributed by atoms with van der Waals surface area (Å²) < 4.78 is 6.03. The number of phenols is 1. The van der Waals surface area contributed by atoms with E-state index < -0.39 is 0 Å². The summed E-state index contributed by atoms with van der Waals surface area (Å²) in [5.41, 5.74) is 0.751. The molecule has 2 N–H and O–H groups in total. The zero-order valence-electron chi connectivity index (χ0n) is 10.9. The van der Waals surface area contributed by atoms with Crippen LogP contribution >= 0.6 is 0 Å². The highest BCUT2D eigenvalue weighted by Crippen LogP contribution is 2.38. The number of rotatable bonds is 2. The topological polar surface area (TPSA) is 41.5 Å². The quantitative estimate of drug-likeness (QED) is 0.774. The van der Waals surface area contributed by atoms with Gasteiger partial charge in [-0.15, -0.1) is 0 Å². The number of phenolic OH excluding ortho intramolecular Hbond substituents is 1. The van der Waals surface area contributed by atoms with Gasteiger partial charge in [-0.3, -0.25) is 0 Å². The molecule has 3 heteroatoms. The highest BCUT2D eigenvalue weighted by molar-refractivity contribution is 5.47. The van der Waals surface area contributed by atoms with Gasteiger partial charge in [-0.1, -0.05) is 0 Å². The molecule has 2 rings (SSSR count). The molecule has 0 aliphatic carbocycles. The molecular formula is C14H21NO2. The molecule has 3 nitrogen and oxygen atoms in total. The smallest absolute Gasteiger partial charge is 0.115 e. The van der Waals surface area contributed by atoms with Crippen LogP contribution in [0, 0.1) is 0 Å². The van der Waals surface area contributed by atoms with E-state index in [1.54, 1.807) is 12.1 Å². The summed E-state index contributed by atoms with van der Waals surface area (Å²) in [4.78, 5) is 0. The molecule has 1 heterocycles. The average molecular weight is 235 g/mol. The van der Waals surface area contributed by atoms with Crippen LogP contribution in [-0.4, -0.2) is 22.4 Å². The van der Waals surface area contributed by atoms with Gasteiger partial charge in [-0.05, 0) is 58.4 Å². The second-order valence-electron chi connectivity index (χ2n) is 5.91. The van der Waals surface area contributed by atoms with Gasteiger partial charge >= 0.3 is 0 Å². The molecule has 17 heavy (non-hydrogen) atoms. The van der Waals surface area contributed by atoms with Crippen molar-refractivity contribution in [3.05, 3.63) is 24.3 Å². The minimum atomic E-state index is -0.179. The van der Waals surface area contributed by atoms with Crippen molar-refractivity contribution in [2.24, 2.45) is 0 Å². The molecule has 1 saturated heterocycles. The first-order chi connectivity index (χ1) is 7.78. The van der Waals surface area contributed by atoms with Gasteiger partial charge in [0.15, 0.2) is 0 Å². The molecule has 1 aliphatic rings. The molecule has 1 atom stereocenters. The van der Waals surface area contributed by atoms with Crippen LogP contribution in [0.3, 0.4) is 0 Å². The monoisotopic (exact) mass is 235 g/mol. The van der Waals surface area contributed by atoms with Crippen LogP contribution in [0.4, 0.5) is 5.69 Å². The fourth-order valence-electron chi connectivity index (χ4n) is 2.55. The molecule has 0 saturated carbocycles. The van der Waals surface area contributed by atoms with Gasteiger partial charge < -0.3 is 15.2 Å². The molecule has 1 aromatic carbocycles. The Balaban J connectivity index is 2.11. The molecule has 0 spiro atoms. The highest BCUT2D eigenvalue weighted by Gasteiger charge is 2.45. The Hall–Kier alpha value is -1.22. The average Bonchev–Trinajstić information content (AvgIpc) is 2.38. The summed E-state index contributed by atoms with van der Waals surface area (Å²) >= 11 is 0. The minimum Gasteiger partial charge on any atom is -0.508 e. The molecule has 1 aliphatic heterocycles. The lowest BCUT2D eigenvalue weighted by Gasteiger charge is -2.28. The van der Waals surface area contributed by atoms with Crippen LogP contribution in [0.2, 0.25) is 0 Å². The molecular weight excluding hydrogens is 214 g/mol. The van der Waals surface area contributed by atoms with Crippen molar-refractivity contribution in [3.8, 4) is 5.75 Å². The lowest BCUT2D eigenvalue weighted by atomic mass is 9.94. The van der Waals surface area contributed by atoms with E-state index in [1.807, 2.05) is 12.1 Å². The third-order valence-corrected chi connectivity index (χ3v) is 3.28. The molecule has 1 unspecified atom stereocenters. The van der Waals surface area contributed by atoms with Crippen molar-refractivity contribution in [3.63, 3.8) is 0 Å². The SMILES string of the molecule is CC1(C)CC(Nc2ccc(O)cc2)C(C)(C)O1. The van der Waals surface area contributed by atoms with Crippen molar-refractivity contribution >= 4 is 5.69 Å². The van der Waals surface area contributed by atoms with Crippen LogP contribution in [0.5, 0.6) is 5.75 Å². The van der Waals surface area contributed by atoms with Crippen LogP contribution in [0.25, 0.3) is 0 Å². The van der Waals surface area contributed by atoms with Gasteiger partial charge in [0, 0.05) is 5.69 Å². The molecule has 1 fully saturated rings. The normalized spacial score (nSPS) is 25.8. The Morgan fingerprint density at radius 3 is 2.24 bits per heavy atom. The van der Waals surface area contributed by atoms with Crippen molar-refractivity contribution in [2.75, 3.05) is 5.32 Å². The third kappa shape index (κ3) is 2.72. The van der Waals surface area contributed by atoms with E-state index >= 15 is 0 Å². The standard InChI is InChI=1S/C14H21NO2/c1-13(2)9-12(14(3,4)17-13)15-10-5-7-11(16)8-6-10/h5-8,12,15-16H,9H2,1-4H3. The number of anilines is 1. The molecule has 0 bridgehead atoms. The zero-order chi connectivity index (χ0) is 12.7. The molecule has 94 valence electrons. The molecule has 1 aromatic rings. The van der Waals surface area contributed by atoms with E-state index in [4.69, 9.17) is 4.74 Å². The van der Waals surface area contributed by atoms with Crippen LogP contribution in [0.15, 0.2) is 24.3 Å². The number of benzene rings is 1. The van der Waals surface area contributed by atoms with Crippen molar-refractivity contribution in [2.45, 2.75) is 51.4 Å². The second-order valence-corrected chi connectivity index (χ2v) is 5.91. The summed E-state index contributed by atoms with van der Waals surface area (Å²) in [6.07, 6.45) is 0.973. The summed E-state index contributed by atoms with van der Waals surface area (Å²) in [5.74, 6) is 0.290. The lowest BCUT2D eigenvalue weighted by Crippen LogP contribution is -2.38. The van der Waals surface area contributed by atoms with Crippen molar-refractivity contribution in [1.82, 2.24) is 0 Å². The molecule has 0 amide bonds. The second kappa shape index (κ2) is 3.91. The van der Waals surface area contributed by atoms with Gasteiger partial charge in [0.05, 0.1) is 17.2 Å². The highest BCUT2D eigenvalue weighted by atomic mass is 16.5. The number of hydrogen-bond donors (Lipinski definition) is 2. The minimum absolute atomic E-state index is 0.0852. The Bertz CT molecular complexity index is 395. The zero-order valence-corrected chi connectivity index (χ0v) is 10.9. The van der Waals surface area contributed by atoms with E-state index in [0.717, 1.165) is 12.1 Å². The Labute approximate surface area is 103 Å². The van der Waals surface area contributed by atoms with Gasteiger partial charge in [0.2, 0.25) is 0 Å². The van der Waals surface area contributed by atoms with Crippen molar-refractivity contribution < 1.29 is 9.84 Å². The van der Waals surface area contributed by atoms with Crippen LogP contribution < -0.4 is 5.32 Å². The van der Waals surface area contributed by atoms with Gasteiger partial charge in [0.1, 0.15) is 5.75 Å². The summed E-state index contributed by atoms with van der Waals surface area (Å²) in [6.45, 7) is 8.46. The number of nitrogens with one attached hydrogen (secondary N) is 1. The largest absolute Gasteiger partial charge is 0.508 e. The first-order valence-electron chi connectivity index (χ1n) is 6.04. The van der Waals surface area contributed by atoms with Crippen molar-refractivity contribution in [1.29, 1.82) is 0 Å². The van der Waals surface area contributed by atoms with Gasteiger partial charge in [-0.2, -0.15) is 0 Å². The first-order valence-corrected chi connectivity index (χ1v) is 6.04. The van der Waals surface area contributed by atoms with Crippen LogP contribution in [0.1, 0.15) is 34.1 Å². The van der Waals surface area contributed by atoms with Gasteiger partial charge in [0.25, 0.3) is 0 Å². The third-order valence-electron chi connectivity index (χ3n) is 3.28. The first kappa shape index (κ1) is 12.2. The summed E-state index contributed by atoms with van der Waals surface area (Å²) in [7, 11) is 0. The summed E-state index contributed by atoms with van der Waals surface area (Å²) in [6, 6.07) is 7.43. The molecule has 0 radical (unpaired) electrons. The summed E-state index contributed by atoms with van der Waals surface area (Å²) in [5, 5.41) is 12.7. The lowest BCUT2D eigenvalue weighted by molar-refractivity contribution is -0.0662. The fraction of sp³-hybridized carbons (Fsp3) is 0.571.